The van der Waals surface area contributed by atoms with Crippen LogP contribution in [0.25, 0.3) is 22.2 Å². The summed E-state index contributed by atoms with van der Waals surface area (Å²) in [6, 6.07) is 11.6. The molecule has 1 amide bonds. The molecule has 2 heterocycles. The van der Waals surface area contributed by atoms with Crippen molar-refractivity contribution in [2.45, 2.75) is 39.7 Å². The van der Waals surface area contributed by atoms with Gasteiger partial charge in [0.25, 0.3) is 0 Å². The van der Waals surface area contributed by atoms with Gasteiger partial charge in [-0.1, -0.05) is 19.9 Å². The number of aryl methyl sites for hydroxylation is 1. The molecule has 3 N–H and O–H groups in total. The Bertz CT molecular complexity index is 1110. The molecule has 0 aliphatic carbocycles. The van der Waals surface area contributed by atoms with Crippen LogP contribution < -0.4 is 10.5 Å². The van der Waals surface area contributed by atoms with Gasteiger partial charge in [-0.3, -0.25) is 0 Å². The first-order valence-electron chi connectivity index (χ1n) is 9.81. The van der Waals surface area contributed by atoms with Crippen molar-refractivity contribution in [3.63, 3.8) is 0 Å². The number of rotatable bonds is 7. The van der Waals surface area contributed by atoms with Gasteiger partial charge in [0.2, 0.25) is 0 Å². The maximum Gasteiger partial charge on any atom is 0.405 e. The minimum Gasteiger partial charge on any atom is -0.488 e. The number of aromatic nitrogens is 2. The molecule has 3 rings (SSSR count). The van der Waals surface area contributed by atoms with Crippen LogP contribution in [0.2, 0.25) is 0 Å². The van der Waals surface area contributed by atoms with Crippen LogP contribution in [0.15, 0.2) is 36.5 Å². The zero-order chi connectivity index (χ0) is 21.9. The third kappa shape index (κ3) is 4.71. The van der Waals surface area contributed by atoms with Crippen molar-refractivity contribution < 1.29 is 14.3 Å². The molecule has 0 fully saturated rings. The zero-order valence-electron chi connectivity index (χ0n) is 17.7. The van der Waals surface area contributed by atoms with Crippen molar-refractivity contribution in [3.05, 3.63) is 47.8 Å². The lowest BCUT2D eigenvalue weighted by Crippen LogP contribution is -2.41. The Morgan fingerprint density at radius 2 is 2.10 bits per heavy atom. The first kappa shape index (κ1) is 21.2. The Morgan fingerprint density at radius 1 is 1.33 bits per heavy atom. The largest absolute Gasteiger partial charge is 0.488 e. The number of carbonyl (C=O) groups excluding carboxylic acids is 1. The van der Waals surface area contributed by atoms with Gasteiger partial charge in [-0.25, -0.2) is 9.78 Å². The standard InChI is InChI=1S/C23H26N4O3/c1-14(2)11-23(4,30-22(25)28)13-29-20-6-5-16(10-17(20)12-24)18-7-8-26-21-19(18)9-15(3)27-21/h5-10,14H,11,13H2,1-4H3,(H2,25,28)(H,26,27). The lowest BCUT2D eigenvalue weighted by atomic mass is 9.95. The van der Waals surface area contributed by atoms with Crippen LogP contribution in [0.1, 0.15) is 38.4 Å². The summed E-state index contributed by atoms with van der Waals surface area (Å²) >= 11 is 0. The molecular weight excluding hydrogens is 380 g/mol. The SMILES string of the molecule is Cc1cc2c(-c3ccc(OCC(C)(CC(C)C)OC(N)=O)c(C#N)c3)ccnc2[nH]1. The summed E-state index contributed by atoms with van der Waals surface area (Å²) in [6.07, 6.45) is 1.47. The van der Waals surface area contributed by atoms with Crippen LogP contribution in [0, 0.1) is 24.2 Å². The number of nitrogens with zero attached hydrogens (tertiary/aromatic N) is 2. The van der Waals surface area contributed by atoms with E-state index in [4.69, 9.17) is 15.2 Å². The fourth-order valence-electron chi connectivity index (χ4n) is 3.79. The van der Waals surface area contributed by atoms with E-state index in [1.165, 1.54) is 0 Å². The number of aromatic amines is 1. The first-order valence-corrected chi connectivity index (χ1v) is 9.81. The summed E-state index contributed by atoms with van der Waals surface area (Å²) in [4.78, 5) is 18.9. The van der Waals surface area contributed by atoms with Gasteiger partial charge in [0.1, 0.15) is 29.7 Å². The predicted molar refractivity (Wildman–Crippen MR) is 115 cm³/mol. The molecule has 0 aliphatic heterocycles. The van der Waals surface area contributed by atoms with Crippen molar-refractivity contribution in [2.24, 2.45) is 11.7 Å². The molecule has 0 saturated carbocycles. The van der Waals surface area contributed by atoms with E-state index in [1.807, 2.05) is 39.0 Å². The summed E-state index contributed by atoms with van der Waals surface area (Å²) in [5.41, 5.74) is 8.44. The van der Waals surface area contributed by atoms with Crippen molar-refractivity contribution in [3.8, 4) is 22.9 Å². The van der Waals surface area contributed by atoms with E-state index in [2.05, 4.69) is 16.0 Å². The van der Waals surface area contributed by atoms with Gasteiger partial charge in [-0.15, -0.1) is 0 Å². The number of amides is 1. The average Bonchev–Trinajstić information content (AvgIpc) is 3.05. The molecule has 0 bridgehead atoms. The number of fused-ring (bicyclic) bond motifs is 1. The first-order chi connectivity index (χ1) is 14.2. The van der Waals surface area contributed by atoms with Crippen molar-refractivity contribution in [2.75, 3.05) is 6.61 Å². The number of pyridine rings is 1. The molecule has 0 saturated heterocycles. The molecule has 30 heavy (non-hydrogen) atoms. The van der Waals surface area contributed by atoms with Crippen molar-refractivity contribution in [1.29, 1.82) is 5.26 Å². The summed E-state index contributed by atoms with van der Waals surface area (Å²) in [5, 5.41) is 10.7. The van der Waals surface area contributed by atoms with Gasteiger partial charge >= 0.3 is 6.09 Å². The number of nitriles is 1. The number of nitrogens with one attached hydrogen (secondary N) is 1. The third-order valence-corrected chi connectivity index (χ3v) is 4.80. The lowest BCUT2D eigenvalue weighted by molar-refractivity contribution is -0.0186. The number of ether oxygens (including phenoxy) is 2. The minimum absolute atomic E-state index is 0.0959. The van der Waals surface area contributed by atoms with E-state index in [1.54, 1.807) is 25.3 Å². The predicted octanol–water partition coefficient (Wildman–Crippen LogP) is 4.69. The van der Waals surface area contributed by atoms with Crippen molar-refractivity contribution in [1.82, 2.24) is 9.97 Å². The Balaban J connectivity index is 1.89. The molecule has 0 spiro atoms. The summed E-state index contributed by atoms with van der Waals surface area (Å²) in [7, 11) is 0. The molecule has 1 unspecified atom stereocenters. The highest BCUT2D eigenvalue weighted by atomic mass is 16.6. The maximum atomic E-state index is 11.3. The Kier molecular flexibility index (Phi) is 5.97. The molecule has 7 heteroatoms. The maximum absolute atomic E-state index is 11.3. The van der Waals surface area contributed by atoms with Crippen LogP contribution >= 0.6 is 0 Å². The van der Waals surface area contributed by atoms with Crippen LogP contribution in [-0.4, -0.2) is 28.3 Å². The summed E-state index contributed by atoms with van der Waals surface area (Å²) in [6.45, 7) is 7.90. The fraction of sp³-hybridized carbons (Fsp3) is 0.348. The second kappa shape index (κ2) is 8.46. The normalized spacial score (nSPS) is 13.1. The Morgan fingerprint density at radius 3 is 2.77 bits per heavy atom. The molecule has 1 aromatic carbocycles. The van der Waals surface area contributed by atoms with Crippen LogP contribution in [0.5, 0.6) is 5.75 Å². The smallest absolute Gasteiger partial charge is 0.405 e. The second-order valence-electron chi connectivity index (χ2n) is 8.15. The monoisotopic (exact) mass is 406 g/mol. The van der Waals surface area contributed by atoms with Gasteiger partial charge in [-0.05, 0) is 61.6 Å². The van der Waals surface area contributed by atoms with E-state index in [0.717, 1.165) is 27.9 Å². The quantitative estimate of drug-likeness (QED) is 0.591. The number of hydrogen-bond acceptors (Lipinski definition) is 5. The van der Waals surface area contributed by atoms with E-state index in [0.29, 0.717) is 17.7 Å². The number of hydrogen-bond donors (Lipinski definition) is 2. The molecule has 0 radical (unpaired) electrons. The minimum atomic E-state index is -0.884. The average molecular weight is 406 g/mol. The van der Waals surface area contributed by atoms with E-state index >= 15 is 0 Å². The molecule has 0 aliphatic rings. The highest BCUT2D eigenvalue weighted by Crippen LogP contribution is 2.32. The number of carbonyl (C=O) groups is 1. The third-order valence-electron chi connectivity index (χ3n) is 4.80. The van der Waals surface area contributed by atoms with E-state index < -0.39 is 11.7 Å². The van der Waals surface area contributed by atoms with Crippen LogP contribution in [0.4, 0.5) is 4.79 Å². The Labute approximate surface area is 175 Å². The summed E-state index contributed by atoms with van der Waals surface area (Å²) in [5.74, 6) is 0.703. The topological polar surface area (TPSA) is 114 Å². The fourth-order valence-corrected chi connectivity index (χ4v) is 3.79. The number of primary amides is 1. The van der Waals surface area contributed by atoms with Gasteiger partial charge < -0.3 is 20.2 Å². The van der Waals surface area contributed by atoms with E-state index in [9.17, 15) is 10.1 Å². The zero-order valence-corrected chi connectivity index (χ0v) is 17.7. The van der Waals surface area contributed by atoms with Crippen LogP contribution in [-0.2, 0) is 4.74 Å². The highest BCUT2D eigenvalue weighted by Gasteiger charge is 2.30. The second-order valence-corrected chi connectivity index (χ2v) is 8.15. The van der Waals surface area contributed by atoms with Gasteiger partial charge in [0.05, 0.1) is 5.56 Å². The number of benzene rings is 1. The van der Waals surface area contributed by atoms with Gasteiger partial charge in [-0.2, -0.15) is 5.26 Å². The molecule has 3 aromatic rings. The summed E-state index contributed by atoms with van der Waals surface area (Å²) < 4.78 is 11.2. The van der Waals surface area contributed by atoms with Gasteiger partial charge in [0, 0.05) is 17.3 Å². The van der Waals surface area contributed by atoms with Crippen LogP contribution in [0.3, 0.4) is 0 Å². The molecule has 7 nitrogen and oxygen atoms in total. The molecule has 2 aromatic heterocycles. The molecule has 1 atom stereocenters. The van der Waals surface area contributed by atoms with Crippen molar-refractivity contribution >= 4 is 17.1 Å². The number of H-pyrrole nitrogens is 1. The Hall–Kier alpha value is -3.53. The lowest BCUT2D eigenvalue weighted by Gasteiger charge is -2.30. The van der Waals surface area contributed by atoms with E-state index in [-0.39, 0.29) is 12.5 Å². The molecule has 156 valence electrons. The van der Waals surface area contributed by atoms with Gasteiger partial charge in [0.15, 0.2) is 0 Å². The molecular formula is C23H26N4O3. The number of nitrogens with two attached hydrogens (primary N) is 1. The highest BCUT2D eigenvalue weighted by molar-refractivity contribution is 5.93.